The monoisotopic (exact) mass is 385 g/mol. The summed E-state index contributed by atoms with van der Waals surface area (Å²) in [6, 6.07) is 6.75. The fourth-order valence-corrected chi connectivity index (χ4v) is 4.71. The van der Waals surface area contributed by atoms with Crippen LogP contribution in [0.5, 0.6) is 0 Å². The van der Waals surface area contributed by atoms with Gasteiger partial charge in [0.15, 0.2) is 0 Å². The van der Waals surface area contributed by atoms with E-state index in [1.165, 1.54) is 17.7 Å². The molecule has 0 bridgehead atoms. The largest absolute Gasteiger partial charge is 0.310 e. The van der Waals surface area contributed by atoms with Crippen molar-refractivity contribution in [1.29, 1.82) is 0 Å². The molecular weight excluding hydrogens is 361 g/mol. The van der Waals surface area contributed by atoms with Crippen LogP contribution in [0.15, 0.2) is 35.1 Å². The van der Waals surface area contributed by atoms with Gasteiger partial charge in [-0.1, -0.05) is 18.2 Å². The fraction of sp³-hybridized carbons (Fsp3) is 0.429. The molecule has 4 nitrogen and oxygen atoms in total. The summed E-state index contributed by atoms with van der Waals surface area (Å²) in [5.74, 6) is 2.47. The van der Waals surface area contributed by atoms with Crippen LogP contribution in [-0.4, -0.2) is 40.3 Å². The van der Waals surface area contributed by atoms with E-state index in [-0.39, 0.29) is 11.4 Å². The highest BCUT2D eigenvalue weighted by molar-refractivity contribution is 7.98. The Bertz CT molecular complexity index is 891. The van der Waals surface area contributed by atoms with Crippen LogP contribution in [0, 0.1) is 5.82 Å². The highest BCUT2D eigenvalue weighted by Crippen LogP contribution is 2.23. The molecule has 27 heavy (non-hydrogen) atoms. The van der Waals surface area contributed by atoms with Crippen molar-refractivity contribution in [3.05, 3.63) is 69.2 Å². The topological polar surface area (TPSA) is 49.0 Å². The fourth-order valence-electron chi connectivity index (χ4n) is 3.72. The molecule has 2 aliphatic heterocycles. The van der Waals surface area contributed by atoms with Crippen molar-refractivity contribution < 1.29 is 4.39 Å². The normalized spacial score (nSPS) is 17.4. The number of thioether (sulfide) groups is 1. The van der Waals surface area contributed by atoms with Gasteiger partial charge in [-0.25, -0.2) is 9.37 Å². The summed E-state index contributed by atoms with van der Waals surface area (Å²) >= 11 is 1.80. The zero-order valence-electron chi connectivity index (χ0n) is 15.3. The molecule has 6 heteroatoms. The minimum atomic E-state index is -0.190. The van der Waals surface area contributed by atoms with Gasteiger partial charge in [-0.05, 0) is 54.8 Å². The maximum absolute atomic E-state index is 13.1. The van der Waals surface area contributed by atoms with E-state index >= 15 is 0 Å². The van der Waals surface area contributed by atoms with Gasteiger partial charge < -0.3 is 4.98 Å². The first-order valence-corrected chi connectivity index (χ1v) is 10.7. The van der Waals surface area contributed by atoms with E-state index < -0.39 is 0 Å². The highest BCUT2D eigenvalue weighted by Gasteiger charge is 2.16. The van der Waals surface area contributed by atoms with Crippen LogP contribution < -0.4 is 5.56 Å². The number of hydrogen-bond acceptors (Lipinski definition) is 4. The van der Waals surface area contributed by atoms with Gasteiger partial charge in [-0.15, -0.1) is 0 Å². The maximum Gasteiger partial charge on any atom is 0.255 e. The van der Waals surface area contributed by atoms with E-state index in [4.69, 9.17) is 0 Å². The van der Waals surface area contributed by atoms with Crippen molar-refractivity contribution in [2.24, 2.45) is 0 Å². The average Bonchev–Trinajstić information content (AvgIpc) is 2.69. The van der Waals surface area contributed by atoms with E-state index in [1.54, 1.807) is 11.8 Å². The Kier molecular flexibility index (Phi) is 5.74. The smallest absolute Gasteiger partial charge is 0.255 e. The number of benzene rings is 1. The number of rotatable bonds is 5. The lowest BCUT2D eigenvalue weighted by molar-refractivity contribution is 0.297. The van der Waals surface area contributed by atoms with Crippen molar-refractivity contribution in [3.63, 3.8) is 0 Å². The van der Waals surface area contributed by atoms with Crippen LogP contribution in [0.3, 0.4) is 0 Å². The average molecular weight is 386 g/mol. The van der Waals surface area contributed by atoms with Crippen LogP contribution in [0.1, 0.15) is 35.5 Å². The Balaban J connectivity index is 1.30. The third-order valence-electron chi connectivity index (χ3n) is 5.28. The minimum Gasteiger partial charge on any atom is -0.310 e. The third kappa shape index (κ3) is 4.50. The quantitative estimate of drug-likeness (QED) is 0.857. The van der Waals surface area contributed by atoms with Crippen molar-refractivity contribution in [2.75, 3.05) is 25.4 Å². The van der Waals surface area contributed by atoms with Gasteiger partial charge in [0.1, 0.15) is 11.6 Å². The molecular formula is C21H24FN3OS. The number of halogens is 1. The van der Waals surface area contributed by atoms with Crippen molar-refractivity contribution >= 4 is 17.3 Å². The van der Waals surface area contributed by atoms with Gasteiger partial charge >= 0.3 is 0 Å². The molecule has 0 saturated carbocycles. The Morgan fingerprint density at radius 2 is 2.07 bits per heavy atom. The third-order valence-corrected chi connectivity index (χ3v) is 6.26. The van der Waals surface area contributed by atoms with Gasteiger partial charge in [0.25, 0.3) is 5.56 Å². The minimum absolute atomic E-state index is 0.0482. The summed E-state index contributed by atoms with van der Waals surface area (Å²) in [7, 11) is 0. The van der Waals surface area contributed by atoms with Crippen molar-refractivity contribution in [2.45, 2.75) is 31.4 Å². The number of fused-ring (bicyclic) bond motifs is 1. The molecule has 0 amide bonds. The van der Waals surface area contributed by atoms with Crippen molar-refractivity contribution in [1.82, 2.24) is 14.9 Å². The number of hydrogen-bond donors (Lipinski definition) is 1. The summed E-state index contributed by atoms with van der Waals surface area (Å²) in [5, 5.41) is 0. The molecule has 1 aromatic heterocycles. The number of nitrogens with one attached hydrogen (secondary N) is 1. The summed E-state index contributed by atoms with van der Waals surface area (Å²) in [5.41, 5.74) is 4.32. The van der Waals surface area contributed by atoms with Gasteiger partial charge in [0.05, 0.1) is 5.69 Å². The Hall–Kier alpha value is -1.92. The molecule has 142 valence electrons. The maximum atomic E-state index is 13.1. The summed E-state index contributed by atoms with van der Waals surface area (Å²) < 4.78 is 13.1. The highest BCUT2D eigenvalue weighted by atomic mass is 32.2. The van der Waals surface area contributed by atoms with E-state index in [1.807, 2.05) is 12.1 Å². The van der Waals surface area contributed by atoms with E-state index in [0.717, 1.165) is 79.5 Å². The summed E-state index contributed by atoms with van der Waals surface area (Å²) in [6.07, 6.45) is 5.92. The summed E-state index contributed by atoms with van der Waals surface area (Å²) in [6.45, 7) is 2.91. The SMILES string of the molecule is O=c1[nH]c(CCCN2CC=C(c3ccc(F)cc3)CC2)nc2c1CSCC2. The second-order valence-electron chi connectivity index (χ2n) is 7.13. The standard InChI is InChI=1S/C21H24FN3OS/c22-17-5-3-15(4-6-17)16-7-11-25(12-8-16)10-1-2-20-23-19-9-13-27-14-18(19)21(26)24-20/h3-7H,1-2,8-14H2,(H,23,24,26). The molecule has 0 unspecified atom stereocenters. The molecule has 0 radical (unpaired) electrons. The number of aryl methyl sites for hydroxylation is 2. The first kappa shape index (κ1) is 18.4. The molecule has 1 aromatic carbocycles. The van der Waals surface area contributed by atoms with E-state index in [2.05, 4.69) is 20.9 Å². The van der Waals surface area contributed by atoms with Gasteiger partial charge in [-0.2, -0.15) is 11.8 Å². The van der Waals surface area contributed by atoms with E-state index in [9.17, 15) is 9.18 Å². The molecule has 0 saturated heterocycles. The number of aromatic amines is 1. The molecule has 0 spiro atoms. The molecule has 0 atom stereocenters. The number of aromatic nitrogens is 2. The van der Waals surface area contributed by atoms with Crippen LogP contribution in [0.4, 0.5) is 4.39 Å². The lowest BCUT2D eigenvalue weighted by Crippen LogP contribution is -2.30. The molecule has 2 aliphatic rings. The van der Waals surface area contributed by atoms with Gasteiger partial charge in [0.2, 0.25) is 0 Å². The summed E-state index contributed by atoms with van der Waals surface area (Å²) in [4.78, 5) is 22.3. The predicted molar refractivity (Wildman–Crippen MR) is 108 cm³/mol. The second kappa shape index (κ2) is 8.40. The molecule has 0 fully saturated rings. The first-order chi connectivity index (χ1) is 13.2. The van der Waals surface area contributed by atoms with Crippen molar-refractivity contribution in [3.8, 4) is 0 Å². The molecule has 0 aliphatic carbocycles. The zero-order chi connectivity index (χ0) is 18.6. The molecule has 3 heterocycles. The lowest BCUT2D eigenvalue weighted by Gasteiger charge is -2.26. The van der Waals surface area contributed by atoms with Gasteiger partial charge in [0, 0.05) is 30.8 Å². The Morgan fingerprint density at radius 1 is 1.22 bits per heavy atom. The van der Waals surface area contributed by atoms with Crippen LogP contribution >= 0.6 is 11.8 Å². The zero-order valence-corrected chi connectivity index (χ0v) is 16.2. The molecule has 4 rings (SSSR count). The predicted octanol–water partition coefficient (Wildman–Crippen LogP) is 3.42. The Labute approximate surface area is 162 Å². The first-order valence-electron chi connectivity index (χ1n) is 9.55. The van der Waals surface area contributed by atoms with Gasteiger partial charge in [-0.3, -0.25) is 9.69 Å². The second-order valence-corrected chi connectivity index (χ2v) is 8.24. The molecule has 1 N–H and O–H groups in total. The van der Waals surface area contributed by atoms with Crippen LogP contribution in [-0.2, 0) is 18.6 Å². The number of nitrogens with zero attached hydrogens (tertiary/aromatic N) is 2. The van der Waals surface area contributed by atoms with Crippen LogP contribution in [0.25, 0.3) is 5.57 Å². The van der Waals surface area contributed by atoms with E-state index in [0.29, 0.717) is 0 Å². The van der Waals surface area contributed by atoms with Crippen LogP contribution in [0.2, 0.25) is 0 Å². The Morgan fingerprint density at radius 3 is 2.85 bits per heavy atom. The molecule has 2 aromatic rings. The number of H-pyrrole nitrogens is 1. The lowest BCUT2D eigenvalue weighted by atomic mass is 9.99.